The Hall–Kier alpha value is -1.09. The van der Waals surface area contributed by atoms with Crippen LogP contribution in [0.15, 0.2) is 24.9 Å². The number of aryl methyl sites for hydroxylation is 1. The number of nitrogens with zero attached hydrogens (tertiary/aromatic N) is 2. The zero-order valence-electron chi connectivity index (χ0n) is 7.45. The number of hydrogen-bond acceptors (Lipinski definition) is 2. The third-order valence-corrected chi connectivity index (χ3v) is 1.70. The van der Waals surface area contributed by atoms with E-state index in [1.807, 2.05) is 23.0 Å². The first-order valence-electron chi connectivity index (χ1n) is 4.20. The highest BCUT2D eigenvalue weighted by Crippen LogP contribution is 1.97. The summed E-state index contributed by atoms with van der Waals surface area (Å²) in [6, 6.07) is 2.03. The number of rotatable bonds is 5. The van der Waals surface area contributed by atoms with Gasteiger partial charge in [0.25, 0.3) is 0 Å². The molecule has 66 valence electrons. The van der Waals surface area contributed by atoms with E-state index < -0.39 is 0 Å². The first-order valence-corrected chi connectivity index (χ1v) is 4.20. The topological polar surface area (TPSA) is 29.9 Å². The van der Waals surface area contributed by atoms with E-state index in [9.17, 15) is 0 Å². The predicted octanol–water partition coefficient (Wildman–Crippen LogP) is 1.18. The molecule has 1 rings (SSSR count). The maximum atomic E-state index is 4.16. The highest BCUT2D eigenvalue weighted by Gasteiger charge is 1.97. The van der Waals surface area contributed by atoms with E-state index in [0.717, 1.165) is 19.6 Å². The highest BCUT2D eigenvalue weighted by molar-refractivity contribution is 5.00. The predicted molar refractivity (Wildman–Crippen MR) is 49.8 cm³/mol. The monoisotopic (exact) mass is 165 g/mol. The Labute approximate surface area is 73.1 Å². The van der Waals surface area contributed by atoms with Crippen molar-refractivity contribution in [3.05, 3.63) is 30.6 Å². The van der Waals surface area contributed by atoms with E-state index in [2.05, 4.69) is 23.9 Å². The average molecular weight is 165 g/mol. The Morgan fingerprint density at radius 1 is 1.75 bits per heavy atom. The summed E-state index contributed by atoms with van der Waals surface area (Å²) in [6.07, 6.45) is 3.68. The van der Waals surface area contributed by atoms with Gasteiger partial charge in [-0.1, -0.05) is 6.08 Å². The molecule has 0 bridgehead atoms. The number of hydrogen-bond donors (Lipinski definition) is 1. The van der Waals surface area contributed by atoms with Gasteiger partial charge in [-0.15, -0.1) is 6.58 Å². The lowest BCUT2D eigenvalue weighted by atomic mass is 10.4. The SMILES string of the molecule is C=CCNCc1ccnn1CC. The molecule has 0 saturated carbocycles. The Morgan fingerprint density at radius 2 is 2.58 bits per heavy atom. The van der Waals surface area contributed by atoms with E-state index in [4.69, 9.17) is 0 Å². The van der Waals surface area contributed by atoms with E-state index in [1.165, 1.54) is 5.69 Å². The molecular formula is C9H15N3. The summed E-state index contributed by atoms with van der Waals surface area (Å²) in [5.74, 6) is 0. The van der Waals surface area contributed by atoms with Crippen molar-refractivity contribution < 1.29 is 0 Å². The maximum absolute atomic E-state index is 4.16. The van der Waals surface area contributed by atoms with Crippen molar-refractivity contribution in [3.63, 3.8) is 0 Å². The summed E-state index contributed by atoms with van der Waals surface area (Å²) in [5, 5.41) is 7.40. The standard InChI is InChI=1S/C9H15N3/c1-3-6-10-8-9-5-7-11-12(9)4-2/h3,5,7,10H,1,4,6,8H2,2H3. The molecule has 3 nitrogen and oxygen atoms in total. The summed E-state index contributed by atoms with van der Waals surface area (Å²) in [6.45, 7) is 8.36. The van der Waals surface area contributed by atoms with Gasteiger partial charge in [0.15, 0.2) is 0 Å². The summed E-state index contributed by atoms with van der Waals surface area (Å²) in [7, 11) is 0. The second-order valence-corrected chi connectivity index (χ2v) is 2.56. The van der Waals surface area contributed by atoms with Gasteiger partial charge in [0.05, 0.1) is 5.69 Å². The third kappa shape index (κ3) is 2.20. The number of aromatic nitrogens is 2. The van der Waals surface area contributed by atoms with Crippen LogP contribution in [0.25, 0.3) is 0 Å². The van der Waals surface area contributed by atoms with Gasteiger partial charge in [-0.2, -0.15) is 5.10 Å². The molecule has 0 fully saturated rings. The smallest absolute Gasteiger partial charge is 0.0522 e. The van der Waals surface area contributed by atoms with E-state index in [-0.39, 0.29) is 0 Å². The summed E-state index contributed by atoms with van der Waals surface area (Å²) < 4.78 is 1.98. The molecule has 0 aliphatic rings. The third-order valence-electron chi connectivity index (χ3n) is 1.70. The molecule has 1 heterocycles. The summed E-state index contributed by atoms with van der Waals surface area (Å²) in [4.78, 5) is 0. The molecule has 1 N–H and O–H groups in total. The van der Waals surface area contributed by atoms with Gasteiger partial charge in [0.1, 0.15) is 0 Å². The minimum Gasteiger partial charge on any atom is -0.308 e. The van der Waals surface area contributed by atoms with Crippen LogP contribution in [-0.2, 0) is 13.1 Å². The van der Waals surface area contributed by atoms with E-state index in [0.29, 0.717) is 0 Å². The first-order chi connectivity index (χ1) is 5.88. The van der Waals surface area contributed by atoms with E-state index in [1.54, 1.807) is 0 Å². The Bertz CT molecular complexity index is 240. The Kier molecular flexibility index (Phi) is 3.54. The van der Waals surface area contributed by atoms with Crippen molar-refractivity contribution in [2.24, 2.45) is 0 Å². The minimum atomic E-state index is 0.842. The molecule has 1 aromatic rings. The van der Waals surface area contributed by atoms with Crippen molar-refractivity contribution in [2.45, 2.75) is 20.0 Å². The lowest BCUT2D eigenvalue weighted by molar-refractivity contribution is 0.595. The normalized spacial score (nSPS) is 10.1. The minimum absolute atomic E-state index is 0.842. The lowest BCUT2D eigenvalue weighted by Gasteiger charge is -2.04. The van der Waals surface area contributed by atoms with Gasteiger partial charge in [-0.05, 0) is 13.0 Å². The molecule has 12 heavy (non-hydrogen) atoms. The second kappa shape index (κ2) is 4.72. The molecule has 0 spiro atoms. The molecule has 0 saturated heterocycles. The fourth-order valence-corrected chi connectivity index (χ4v) is 1.10. The summed E-state index contributed by atoms with van der Waals surface area (Å²) in [5.41, 5.74) is 1.22. The van der Waals surface area contributed by atoms with Crippen molar-refractivity contribution >= 4 is 0 Å². The molecule has 0 atom stereocenters. The van der Waals surface area contributed by atoms with Crippen LogP contribution in [0.5, 0.6) is 0 Å². The molecular weight excluding hydrogens is 150 g/mol. The fraction of sp³-hybridized carbons (Fsp3) is 0.444. The van der Waals surface area contributed by atoms with Gasteiger partial charge in [-0.3, -0.25) is 4.68 Å². The van der Waals surface area contributed by atoms with Crippen LogP contribution in [0.3, 0.4) is 0 Å². The highest BCUT2D eigenvalue weighted by atomic mass is 15.3. The number of nitrogens with one attached hydrogen (secondary N) is 1. The summed E-state index contributed by atoms with van der Waals surface area (Å²) >= 11 is 0. The first kappa shape index (κ1) is 9.00. The van der Waals surface area contributed by atoms with E-state index >= 15 is 0 Å². The molecule has 1 aromatic heterocycles. The van der Waals surface area contributed by atoms with Crippen molar-refractivity contribution in [3.8, 4) is 0 Å². The second-order valence-electron chi connectivity index (χ2n) is 2.56. The van der Waals surface area contributed by atoms with Crippen molar-refractivity contribution in [2.75, 3.05) is 6.54 Å². The molecule has 0 radical (unpaired) electrons. The molecule has 0 aromatic carbocycles. The maximum Gasteiger partial charge on any atom is 0.0522 e. The molecule has 0 unspecified atom stereocenters. The zero-order valence-corrected chi connectivity index (χ0v) is 7.45. The fourth-order valence-electron chi connectivity index (χ4n) is 1.10. The van der Waals surface area contributed by atoms with Crippen LogP contribution in [-0.4, -0.2) is 16.3 Å². The van der Waals surface area contributed by atoms with Gasteiger partial charge in [0.2, 0.25) is 0 Å². The van der Waals surface area contributed by atoms with Crippen LogP contribution in [0.1, 0.15) is 12.6 Å². The van der Waals surface area contributed by atoms with Gasteiger partial charge in [-0.25, -0.2) is 0 Å². The Morgan fingerprint density at radius 3 is 3.25 bits per heavy atom. The molecule has 0 aliphatic carbocycles. The van der Waals surface area contributed by atoms with Crippen LogP contribution in [0, 0.1) is 0 Å². The van der Waals surface area contributed by atoms with Gasteiger partial charge < -0.3 is 5.32 Å². The quantitative estimate of drug-likeness (QED) is 0.524. The van der Waals surface area contributed by atoms with Crippen molar-refractivity contribution in [1.29, 1.82) is 0 Å². The molecule has 3 heteroatoms. The van der Waals surface area contributed by atoms with Gasteiger partial charge >= 0.3 is 0 Å². The molecule has 0 aliphatic heterocycles. The van der Waals surface area contributed by atoms with Gasteiger partial charge in [0, 0.05) is 25.8 Å². The molecule has 0 amide bonds. The van der Waals surface area contributed by atoms with Crippen molar-refractivity contribution in [1.82, 2.24) is 15.1 Å². The Balaban J connectivity index is 2.44. The van der Waals surface area contributed by atoms with Crippen LogP contribution < -0.4 is 5.32 Å². The largest absolute Gasteiger partial charge is 0.308 e. The van der Waals surface area contributed by atoms with Crippen LogP contribution in [0.2, 0.25) is 0 Å². The van der Waals surface area contributed by atoms with Crippen LogP contribution in [0.4, 0.5) is 0 Å². The van der Waals surface area contributed by atoms with Crippen LogP contribution >= 0.6 is 0 Å². The lowest BCUT2D eigenvalue weighted by Crippen LogP contribution is -2.16. The zero-order chi connectivity index (χ0) is 8.81. The average Bonchev–Trinajstić information content (AvgIpc) is 2.52.